The van der Waals surface area contributed by atoms with Crippen LogP contribution in [0.25, 0.3) is 0 Å². The lowest BCUT2D eigenvalue weighted by molar-refractivity contribution is 0.479. The fourth-order valence-corrected chi connectivity index (χ4v) is 1.96. The van der Waals surface area contributed by atoms with Crippen LogP contribution < -0.4 is 5.32 Å². The molecule has 1 aliphatic carbocycles. The van der Waals surface area contributed by atoms with Gasteiger partial charge in [0.15, 0.2) is 0 Å². The van der Waals surface area contributed by atoms with Crippen molar-refractivity contribution < 1.29 is 0 Å². The standard InChI is InChI=1S/C9H15N3/c1-10-7-4-3-5-8-9(7)11-6-12(8)2/h6-7,10H,3-5H2,1-2H3. The lowest BCUT2D eigenvalue weighted by Gasteiger charge is -2.21. The van der Waals surface area contributed by atoms with Crippen molar-refractivity contribution in [3.05, 3.63) is 17.7 Å². The number of nitrogens with zero attached hydrogens (tertiary/aromatic N) is 2. The lowest BCUT2D eigenvalue weighted by atomic mass is 9.96. The predicted molar refractivity (Wildman–Crippen MR) is 47.9 cm³/mol. The zero-order valence-electron chi connectivity index (χ0n) is 7.67. The summed E-state index contributed by atoms with van der Waals surface area (Å²) in [6.45, 7) is 0. The highest BCUT2D eigenvalue weighted by Crippen LogP contribution is 2.27. The number of rotatable bonds is 1. The third-order valence-corrected chi connectivity index (χ3v) is 2.68. The fourth-order valence-electron chi connectivity index (χ4n) is 1.96. The third kappa shape index (κ3) is 1.05. The third-order valence-electron chi connectivity index (χ3n) is 2.68. The van der Waals surface area contributed by atoms with E-state index in [4.69, 9.17) is 0 Å². The van der Waals surface area contributed by atoms with Gasteiger partial charge in [-0.1, -0.05) is 0 Å². The Morgan fingerprint density at radius 1 is 1.67 bits per heavy atom. The van der Waals surface area contributed by atoms with Crippen molar-refractivity contribution in [2.75, 3.05) is 7.05 Å². The molecule has 1 aromatic rings. The van der Waals surface area contributed by atoms with Gasteiger partial charge < -0.3 is 9.88 Å². The summed E-state index contributed by atoms with van der Waals surface area (Å²) in [4.78, 5) is 4.41. The molecule has 1 N–H and O–H groups in total. The van der Waals surface area contributed by atoms with Crippen molar-refractivity contribution in [2.45, 2.75) is 25.3 Å². The second-order valence-corrected chi connectivity index (χ2v) is 3.42. The second kappa shape index (κ2) is 2.90. The normalized spacial score (nSPS) is 22.3. The Morgan fingerprint density at radius 2 is 2.50 bits per heavy atom. The summed E-state index contributed by atoms with van der Waals surface area (Å²) in [6, 6.07) is 0.481. The van der Waals surface area contributed by atoms with Gasteiger partial charge in [0.1, 0.15) is 0 Å². The Morgan fingerprint density at radius 3 is 3.25 bits per heavy atom. The minimum absolute atomic E-state index is 0.481. The van der Waals surface area contributed by atoms with Crippen LogP contribution in [0.3, 0.4) is 0 Å². The Bertz CT molecular complexity index is 277. The highest BCUT2D eigenvalue weighted by molar-refractivity contribution is 5.20. The van der Waals surface area contributed by atoms with E-state index in [0.717, 1.165) is 0 Å². The van der Waals surface area contributed by atoms with Crippen LogP contribution in [-0.2, 0) is 13.5 Å². The first kappa shape index (κ1) is 7.80. The molecule has 0 saturated carbocycles. The van der Waals surface area contributed by atoms with E-state index in [0.29, 0.717) is 6.04 Å². The molecule has 3 nitrogen and oxygen atoms in total. The van der Waals surface area contributed by atoms with Crippen LogP contribution in [0, 0.1) is 0 Å². The molecule has 0 bridgehead atoms. The van der Waals surface area contributed by atoms with Crippen LogP contribution >= 0.6 is 0 Å². The highest BCUT2D eigenvalue weighted by atomic mass is 15.1. The summed E-state index contributed by atoms with van der Waals surface area (Å²) >= 11 is 0. The Labute approximate surface area is 72.8 Å². The van der Waals surface area contributed by atoms with Gasteiger partial charge in [-0.3, -0.25) is 0 Å². The molecule has 66 valence electrons. The van der Waals surface area contributed by atoms with Gasteiger partial charge in [0.25, 0.3) is 0 Å². The molecule has 0 amide bonds. The summed E-state index contributed by atoms with van der Waals surface area (Å²) in [6.07, 6.45) is 5.60. The van der Waals surface area contributed by atoms with Crippen LogP contribution in [-0.4, -0.2) is 16.6 Å². The van der Waals surface area contributed by atoms with Gasteiger partial charge in [-0.25, -0.2) is 4.98 Å². The van der Waals surface area contributed by atoms with Crippen LogP contribution in [0.5, 0.6) is 0 Å². The van der Waals surface area contributed by atoms with Crippen LogP contribution in [0.4, 0.5) is 0 Å². The van der Waals surface area contributed by atoms with Crippen LogP contribution in [0.15, 0.2) is 6.33 Å². The maximum Gasteiger partial charge on any atom is 0.0949 e. The van der Waals surface area contributed by atoms with Crippen molar-refractivity contribution in [1.82, 2.24) is 14.9 Å². The second-order valence-electron chi connectivity index (χ2n) is 3.42. The monoisotopic (exact) mass is 165 g/mol. The fraction of sp³-hybridized carbons (Fsp3) is 0.667. The first-order valence-electron chi connectivity index (χ1n) is 4.50. The number of hydrogen-bond donors (Lipinski definition) is 1. The Balaban J connectivity index is 2.38. The lowest BCUT2D eigenvalue weighted by Crippen LogP contribution is -2.22. The summed E-state index contributed by atoms with van der Waals surface area (Å²) in [5.74, 6) is 0. The molecule has 2 rings (SSSR count). The van der Waals surface area contributed by atoms with Gasteiger partial charge in [-0.05, 0) is 26.3 Å². The maximum absolute atomic E-state index is 4.41. The number of aromatic nitrogens is 2. The van der Waals surface area contributed by atoms with Gasteiger partial charge >= 0.3 is 0 Å². The Kier molecular flexibility index (Phi) is 1.89. The molecule has 0 fully saturated rings. The first-order valence-corrected chi connectivity index (χ1v) is 4.50. The smallest absolute Gasteiger partial charge is 0.0949 e. The maximum atomic E-state index is 4.41. The van der Waals surface area contributed by atoms with Crippen molar-refractivity contribution in [3.8, 4) is 0 Å². The molecule has 1 unspecified atom stereocenters. The molecular weight excluding hydrogens is 150 g/mol. The largest absolute Gasteiger partial charge is 0.337 e. The quantitative estimate of drug-likeness (QED) is 0.673. The molecule has 1 aliphatic rings. The molecule has 1 heterocycles. The molecular formula is C9H15N3. The molecule has 12 heavy (non-hydrogen) atoms. The zero-order chi connectivity index (χ0) is 8.55. The number of hydrogen-bond acceptors (Lipinski definition) is 2. The number of fused-ring (bicyclic) bond motifs is 1. The molecule has 0 aromatic carbocycles. The minimum Gasteiger partial charge on any atom is -0.337 e. The van der Waals surface area contributed by atoms with E-state index in [1.54, 1.807) is 0 Å². The van der Waals surface area contributed by atoms with Crippen molar-refractivity contribution >= 4 is 0 Å². The van der Waals surface area contributed by atoms with E-state index in [2.05, 4.69) is 21.9 Å². The summed E-state index contributed by atoms with van der Waals surface area (Å²) < 4.78 is 2.14. The number of nitrogens with one attached hydrogen (secondary N) is 1. The first-order chi connectivity index (χ1) is 5.83. The summed E-state index contributed by atoms with van der Waals surface area (Å²) in [5, 5.41) is 3.30. The predicted octanol–water partition coefficient (Wildman–Crippen LogP) is 1.02. The van der Waals surface area contributed by atoms with E-state index < -0.39 is 0 Å². The van der Waals surface area contributed by atoms with Crippen molar-refractivity contribution in [3.63, 3.8) is 0 Å². The Hall–Kier alpha value is -0.830. The molecule has 1 aromatic heterocycles. The highest BCUT2D eigenvalue weighted by Gasteiger charge is 2.21. The molecule has 0 radical (unpaired) electrons. The number of aryl methyl sites for hydroxylation is 1. The molecule has 3 heteroatoms. The number of imidazole rings is 1. The molecule has 0 saturated heterocycles. The van der Waals surface area contributed by atoms with E-state index in [1.807, 2.05) is 13.4 Å². The van der Waals surface area contributed by atoms with Crippen LogP contribution in [0.1, 0.15) is 30.3 Å². The van der Waals surface area contributed by atoms with Gasteiger partial charge in [-0.15, -0.1) is 0 Å². The van der Waals surface area contributed by atoms with E-state index in [-0.39, 0.29) is 0 Å². The molecule has 0 aliphatic heterocycles. The average Bonchev–Trinajstić information content (AvgIpc) is 2.48. The minimum atomic E-state index is 0.481. The van der Waals surface area contributed by atoms with Gasteiger partial charge in [0.05, 0.1) is 18.1 Å². The zero-order valence-corrected chi connectivity index (χ0v) is 7.67. The van der Waals surface area contributed by atoms with Gasteiger partial charge in [0, 0.05) is 12.7 Å². The SMILES string of the molecule is CNC1CCCc2c1ncn2C. The van der Waals surface area contributed by atoms with E-state index >= 15 is 0 Å². The van der Waals surface area contributed by atoms with Gasteiger partial charge in [0.2, 0.25) is 0 Å². The van der Waals surface area contributed by atoms with Gasteiger partial charge in [-0.2, -0.15) is 0 Å². The van der Waals surface area contributed by atoms with Crippen molar-refractivity contribution in [2.24, 2.45) is 7.05 Å². The average molecular weight is 165 g/mol. The van der Waals surface area contributed by atoms with Crippen molar-refractivity contribution in [1.29, 1.82) is 0 Å². The summed E-state index contributed by atoms with van der Waals surface area (Å²) in [5.41, 5.74) is 2.66. The van der Waals surface area contributed by atoms with E-state index in [1.165, 1.54) is 30.7 Å². The van der Waals surface area contributed by atoms with Crippen LogP contribution in [0.2, 0.25) is 0 Å². The van der Waals surface area contributed by atoms with E-state index in [9.17, 15) is 0 Å². The summed E-state index contributed by atoms with van der Waals surface area (Å²) in [7, 11) is 4.08. The molecule has 0 spiro atoms. The molecule has 1 atom stereocenters. The topological polar surface area (TPSA) is 29.9 Å².